The van der Waals surface area contributed by atoms with E-state index in [-0.39, 0.29) is 0 Å². The van der Waals surface area contributed by atoms with Crippen LogP contribution in [0, 0.1) is 5.92 Å². The molecule has 21 heavy (non-hydrogen) atoms. The Morgan fingerprint density at radius 1 is 1.19 bits per heavy atom. The highest BCUT2D eigenvalue weighted by Crippen LogP contribution is 2.07. The molecule has 1 unspecified atom stereocenters. The minimum atomic E-state index is 0.522. The summed E-state index contributed by atoms with van der Waals surface area (Å²) in [7, 11) is 4.25. The third-order valence-corrected chi connectivity index (χ3v) is 3.62. The summed E-state index contributed by atoms with van der Waals surface area (Å²) in [6, 6.07) is 10.5. The van der Waals surface area contributed by atoms with Gasteiger partial charge in [0.2, 0.25) is 0 Å². The molecule has 0 aliphatic carbocycles. The molecule has 0 fully saturated rings. The van der Waals surface area contributed by atoms with E-state index in [1.165, 1.54) is 0 Å². The van der Waals surface area contributed by atoms with E-state index in [1.54, 1.807) is 4.80 Å². The highest BCUT2D eigenvalue weighted by atomic mass is 15.5. The van der Waals surface area contributed by atoms with Gasteiger partial charge in [-0.1, -0.05) is 32.0 Å². The van der Waals surface area contributed by atoms with Crippen LogP contribution >= 0.6 is 0 Å². The lowest BCUT2D eigenvalue weighted by atomic mass is 10.0. The van der Waals surface area contributed by atoms with Crippen molar-refractivity contribution in [3.05, 3.63) is 42.2 Å². The molecule has 0 radical (unpaired) electrons. The Balaban J connectivity index is 1.89. The van der Waals surface area contributed by atoms with Crippen LogP contribution in [0.1, 0.15) is 19.5 Å². The molecule has 0 aliphatic heterocycles. The van der Waals surface area contributed by atoms with Crippen molar-refractivity contribution in [2.75, 3.05) is 20.6 Å². The molecule has 1 aromatic heterocycles. The number of aromatic nitrogens is 3. The zero-order valence-electron chi connectivity index (χ0n) is 13.3. The smallest absolute Gasteiger partial charge is 0.0969 e. The van der Waals surface area contributed by atoms with E-state index in [1.807, 2.05) is 36.5 Å². The summed E-state index contributed by atoms with van der Waals surface area (Å²) in [5.41, 5.74) is 1.94. The van der Waals surface area contributed by atoms with E-state index < -0.39 is 0 Å². The molecule has 0 bridgehead atoms. The minimum absolute atomic E-state index is 0.522. The summed E-state index contributed by atoms with van der Waals surface area (Å²) >= 11 is 0. The maximum absolute atomic E-state index is 4.50. The second kappa shape index (κ2) is 7.33. The number of rotatable bonds is 7. The van der Waals surface area contributed by atoms with Crippen molar-refractivity contribution in [3.63, 3.8) is 0 Å². The van der Waals surface area contributed by atoms with Gasteiger partial charge in [-0.05, 0) is 32.1 Å². The van der Waals surface area contributed by atoms with Gasteiger partial charge in [0.1, 0.15) is 0 Å². The highest BCUT2D eigenvalue weighted by molar-refractivity contribution is 5.28. The second-order valence-corrected chi connectivity index (χ2v) is 5.87. The van der Waals surface area contributed by atoms with Gasteiger partial charge in [-0.3, -0.25) is 0 Å². The summed E-state index contributed by atoms with van der Waals surface area (Å²) in [6.07, 6.45) is 1.82. The molecule has 2 rings (SSSR count). The van der Waals surface area contributed by atoms with Gasteiger partial charge in [0.05, 0.1) is 17.6 Å². The van der Waals surface area contributed by atoms with Crippen molar-refractivity contribution in [1.82, 2.24) is 25.2 Å². The highest BCUT2D eigenvalue weighted by Gasteiger charge is 2.15. The Morgan fingerprint density at radius 2 is 1.90 bits per heavy atom. The van der Waals surface area contributed by atoms with E-state index in [0.29, 0.717) is 12.0 Å². The first-order valence-electron chi connectivity index (χ1n) is 7.41. The van der Waals surface area contributed by atoms with Gasteiger partial charge in [0.15, 0.2) is 0 Å². The fourth-order valence-corrected chi connectivity index (χ4v) is 2.42. The van der Waals surface area contributed by atoms with Crippen molar-refractivity contribution < 1.29 is 0 Å². The number of benzene rings is 1. The Morgan fingerprint density at radius 3 is 2.52 bits per heavy atom. The number of para-hydroxylation sites is 1. The average molecular weight is 287 g/mol. The molecule has 5 heteroatoms. The van der Waals surface area contributed by atoms with E-state index >= 15 is 0 Å². The van der Waals surface area contributed by atoms with Gasteiger partial charge in [0.25, 0.3) is 0 Å². The first kappa shape index (κ1) is 15.7. The first-order valence-corrected chi connectivity index (χ1v) is 7.41. The first-order chi connectivity index (χ1) is 10.1. The van der Waals surface area contributed by atoms with E-state index in [9.17, 15) is 0 Å². The molecule has 0 spiro atoms. The summed E-state index contributed by atoms with van der Waals surface area (Å²) in [4.78, 5) is 3.93. The Labute approximate surface area is 127 Å². The predicted octanol–water partition coefficient (Wildman–Crippen LogP) is 1.94. The van der Waals surface area contributed by atoms with Gasteiger partial charge in [-0.2, -0.15) is 15.0 Å². The second-order valence-electron chi connectivity index (χ2n) is 5.87. The SMILES string of the molecule is CC(C)C(CNCc1cnn(-c2ccccc2)n1)N(C)C. The zero-order valence-corrected chi connectivity index (χ0v) is 13.3. The Hall–Kier alpha value is -1.72. The number of hydrogen-bond acceptors (Lipinski definition) is 4. The quantitative estimate of drug-likeness (QED) is 0.845. The standard InChI is InChI=1S/C16H25N5/c1-13(2)16(20(3)4)12-17-10-14-11-18-21(19-14)15-8-6-5-7-9-15/h5-9,11,13,16-17H,10,12H2,1-4H3. The lowest BCUT2D eigenvalue weighted by molar-refractivity contribution is 0.224. The predicted molar refractivity (Wildman–Crippen MR) is 85.4 cm³/mol. The van der Waals surface area contributed by atoms with Crippen molar-refractivity contribution in [1.29, 1.82) is 0 Å². The fraction of sp³-hybridized carbons (Fsp3) is 0.500. The molecule has 0 aliphatic rings. The molecule has 1 heterocycles. The summed E-state index contributed by atoms with van der Waals surface area (Å²) in [5.74, 6) is 0.618. The minimum Gasteiger partial charge on any atom is -0.309 e. The van der Waals surface area contributed by atoms with E-state index in [2.05, 4.69) is 48.4 Å². The van der Waals surface area contributed by atoms with Crippen LogP contribution in [0.15, 0.2) is 36.5 Å². The largest absolute Gasteiger partial charge is 0.309 e. The zero-order chi connectivity index (χ0) is 15.2. The number of hydrogen-bond donors (Lipinski definition) is 1. The van der Waals surface area contributed by atoms with Crippen LogP contribution in [-0.4, -0.2) is 46.6 Å². The fourth-order valence-electron chi connectivity index (χ4n) is 2.42. The Kier molecular flexibility index (Phi) is 5.47. The lowest BCUT2D eigenvalue weighted by Crippen LogP contribution is -2.41. The molecule has 1 atom stereocenters. The van der Waals surface area contributed by atoms with Crippen molar-refractivity contribution in [3.8, 4) is 5.69 Å². The normalized spacial score (nSPS) is 13.0. The van der Waals surface area contributed by atoms with Crippen LogP contribution in [-0.2, 0) is 6.54 Å². The van der Waals surface area contributed by atoms with E-state index in [4.69, 9.17) is 0 Å². The molecule has 1 aromatic carbocycles. The molecular formula is C16H25N5. The molecule has 1 N–H and O–H groups in total. The van der Waals surface area contributed by atoms with Crippen LogP contribution in [0.2, 0.25) is 0 Å². The molecule has 0 amide bonds. The molecule has 114 valence electrons. The van der Waals surface area contributed by atoms with Gasteiger partial charge < -0.3 is 10.2 Å². The van der Waals surface area contributed by atoms with Gasteiger partial charge in [-0.25, -0.2) is 0 Å². The van der Waals surface area contributed by atoms with Gasteiger partial charge in [-0.15, -0.1) is 0 Å². The van der Waals surface area contributed by atoms with Gasteiger partial charge >= 0.3 is 0 Å². The maximum atomic E-state index is 4.50. The summed E-state index contributed by atoms with van der Waals surface area (Å²) in [6.45, 7) is 6.18. The summed E-state index contributed by atoms with van der Waals surface area (Å²) in [5, 5.41) is 12.3. The molecule has 0 saturated heterocycles. The Bertz CT molecular complexity index is 525. The maximum Gasteiger partial charge on any atom is 0.0969 e. The summed E-state index contributed by atoms with van der Waals surface area (Å²) < 4.78 is 0. The van der Waals surface area contributed by atoms with Crippen LogP contribution < -0.4 is 5.32 Å². The van der Waals surface area contributed by atoms with Gasteiger partial charge in [0, 0.05) is 19.1 Å². The molecular weight excluding hydrogens is 262 g/mol. The van der Waals surface area contributed by atoms with Crippen molar-refractivity contribution in [2.45, 2.75) is 26.4 Å². The van der Waals surface area contributed by atoms with E-state index in [0.717, 1.165) is 24.5 Å². The number of nitrogens with one attached hydrogen (secondary N) is 1. The molecule has 2 aromatic rings. The van der Waals surface area contributed by atoms with Crippen molar-refractivity contribution >= 4 is 0 Å². The number of nitrogens with zero attached hydrogens (tertiary/aromatic N) is 4. The third kappa shape index (κ3) is 4.37. The molecule has 5 nitrogen and oxygen atoms in total. The van der Waals surface area contributed by atoms with Crippen molar-refractivity contribution in [2.24, 2.45) is 5.92 Å². The number of likely N-dealkylation sites (N-methyl/N-ethyl adjacent to an activating group) is 1. The average Bonchev–Trinajstić information content (AvgIpc) is 2.92. The third-order valence-electron chi connectivity index (χ3n) is 3.62. The molecule has 0 saturated carbocycles. The van der Waals surface area contributed by atoms with Crippen LogP contribution in [0.4, 0.5) is 0 Å². The van der Waals surface area contributed by atoms with Crippen LogP contribution in [0.3, 0.4) is 0 Å². The lowest BCUT2D eigenvalue weighted by Gasteiger charge is -2.28. The van der Waals surface area contributed by atoms with Crippen LogP contribution in [0.5, 0.6) is 0 Å². The van der Waals surface area contributed by atoms with Crippen LogP contribution in [0.25, 0.3) is 5.69 Å². The monoisotopic (exact) mass is 287 g/mol. The topological polar surface area (TPSA) is 46.0 Å².